The number of nitrogens with zero attached hydrogens (tertiary/aromatic N) is 3. The number of benzene rings is 2. The highest BCUT2D eigenvalue weighted by Crippen LogP contribution is 2.63. The van der Waals surface area contributed by atoms with E-state index in [0.29, 0.717) is 0 Å². The lowest BCUT2D eigenvalue weighted by atomic mass is 9.84. The van der Waals surface area contributed by atoms with Gasteiger partial charge in [-0.1, -0.05) is 50.2 Å². The van der Waals surface area contributed by atoms with Crippen LogP contribution >= 0.6 is 7.44 Å². The summed E-state index contributed by atoms with van der Waals surface area (Å²) < 4.78 is 15.6. The van der Waals surface area contributed by atoms with Crippen molar-refractivity contribution in [1.82, 2.24) is 4.78 Å². The molecule has 1 N–H and O–H groups in total. The number of likely N-dealkylation sites (N-methyl/N-ethyl adjacent to an activating group) is 1. The molecular formula is C20H23N4OP. The van der Waals surface area contributed by atoms with Crippen LogP contribution in [0.25, 0.3) is 0 Å². The smallest absolute Gasteiger partial charge is 0.308 e. The molecule has 2 aromatic rings. The first-order chi connectivity index (χ1) is 12.4. The van der Waals surface area contributed by atoms with E-state index in [0.717, 1.165) is 22.4 Å². The van der Waals surface area contributed by atoms with Crippen LogP contribution in [0.2, 0.25) is 0 Å². The molecule has 0 spiro atoms. The van der Waals surface area contributed by atoms with Crippen LogP contribution in [0.15, 0.2) is 70.7 Å². The minimum Gasteiger partial charge on any atom is -0.346 e. The summed E-state index contributed by atoms with van der Waals surface area (Å²) in [6.45, 7) is 4.35. The van der Waals surface area contributed by atoms with Crippen molar-refractivity contribution in [3.63, 3.8) is 0 Å². The molecule has 4 rings (SSSR count). The van der Waals surface area contributed by atoms with Gasteiger partial charge in [-0.3, -0.25) is 4.57 Å². The minimum absolute atomic E-state index is 0.258. The maximum Gasteiger partial charge on any atom is 0.308 e. The number of hydrazone groups is 1. The monoisotopic (exact) mass is 366 g/mol. The highest BCUT2D eigenvalue weighted by molar-refractivity contribution is 7.68. The van der Waals surface area contributed by atoms with E-state index in [1.165, 1.54) is 5.56 Å². The van der Waals surface area contributed by atoms with E-state index < -0.39 is 7.44 Å². The maximum atomic E-state index is 14.0. The summed E-state index contributed by atoms with van der Waals surface area (Å²) in [7, 11) is 0.707. The van der Waals surface area contributed by atoms with Crippen molar-refractivity contribution in [3.05, 3.63) is 71.2 Å². The van der Waals surface area contributed by atoms with E-state index in [1.807, 2.05) is 43.4 Å². The lowest BCUT2D eigenvalue weighted by Crippen LogP contribution is -2.26. The Balaban J connectivity index is 1.88. The molecule has 0 saturated carbocycles. The van der Waals surface area contributed by atoms with Gasteiger partial charge in [-0.2, -0.15) is 5.10 Å². The number of fused-ring (bicyclic) bond motifs is 1. The second-order valence-corrected chi connectivity index (χ2v) is 9.66. The zero-order chi connectivity index (χ0) is 18.5. The fraction of sp³-hybridized carbons (Fsp3) is 0.250. The van der Waals surface area contributed by atoms with Crippen LogP contribution in [-0.2, 0) is 9.98 Å². The van der Waals surface area contributed by atoms with Gasteiger partial charge in [0.15, 0.2) is 0 Å². The van der Waals surface area contributed by atoms with E-state index in [9.17, 15) is 4.57 Å². The van der Waals surface area contributed by atoms with Crippen molar-refractivity contribution >= 4 is 25.0 Å². The van der Waals surface area contributed by atoms with Gasteiger partial charge in [-0.25, -0.2) is 4.78 Å². The van der Waals surface area contributed by atoms with Crippen molar-refractivity contribution in [2.45, 2.75) is 19.3 Å². The molecule has 0 aliphatic carbocycles. The predicted molar refractivity (Wildman–Crippen MR) is 109 cm³/mol. The van der Waals surface area contributed by atoms with Gasteiger partial charge in [0.2, 0.25) is 0 Å². The fourth-order valence-corrected chi connectivity index (χ4v) is 6.12. The quantitative estimate of drug-likeness (QED) is 0.771. The Morgan fingerprint density at radius 3 is 2.35 bits per heavy atom. The Hall–Kier alpha value is -2.52. The van der Waals surface area contributed by atoms with Crippen LogP contribution in [0.1, 0.15) is 19.4 Å². The van der Waals surface area contributed by atoms with Crippen LogP contribution < -0.4 is 9.99 Å². The molecule has 0 fully saturated rings. The van der Waals surface area contributed by atoms with Gasteiger partial charge < -0.3 is 9.99 Å². The first-order valence-corrected chi connectivity index (χ1v) is 10.3. The van der Waals surface area contributed by atoms with Crippen molar-refractivity contribution < 1.29 is 4.57 Å². The van der Waals surface area contributed by atoms with E-state index in [-0.39, 0.29) is 5.41 Å². The topological polar surface area (TPSA) is 47.9 Å². The zero-order valence-corrected chi connectivity index (χ0v) is 16.4. The molecule has 134 valence electrons. The van der Waals surface area contributed by atoms with Gasteiger partial charge in [0.05, 0.1) is 11.5 Å². The first kappa shape index (κ1) is 16.9. The Morgan fingerprint density at radius 1 is 1.00 bits per heavy atom. The second kappa shape index (κ2) is 5.75. The first-order valence-electron chi connectivity index (χ1n) is 8.66. The van der Waals surface area contributed by atoms with E-state index in [1.54, 1.807) is 18.0 Å². The summed E-state index contributed by atoms with van der Waals surface area (Å²) in [5.41, 5.74) is 3.97. The Kier molecular flexibility index (Phi) is 3.74. The van der Waals surface area contributed by atoms with E-state index >= 15 is 0 Å². The number of allylic oxidation sites excluding steroid dienone is 2. The molecule has 2 aliphatic heterocycles. The molecule has 26 heavy (non-hydrogen) atoms. The van der Waals surface area contributed by atoms with Crippen molar-refractivity contribution in [1.29, 1.82) is 0 Å². The summed E-state index contributed by atoms with van der Waals surface area (Å²) in [6, 6.07) is 18.0. The third-order valence-electron chi connectivity index (χ3n) is 5.24. The normalized spacial score (nSPS) is 26.3. The average Bonchev–Trinajstić information content (AvgIpc) is 3.01. The highest BCUT2D eigenvalue weighted by atomic mass is 31.2. The van der Waals surface area contributed by atoms with Gasteiger partial charge in [0.25, 0.3) is 0 Å². The lowest BCUT2D eigenvalue weighted by Gasteiger charge is -2.30. The lowest BCUT2D eigenvalue weighted by molar-refractivity contribution is 0.505. The van der Waals surface area contributed by atoms with Crippen molar-refractivity contribution in [2.75, 3.05) is 24.1 Å². The third-order valence-corrected chi connectivity index (χ3v) is 7.70. The third kappa shape index (κ3) is 2.31. The van der Waals surface area contributed by atoms with E-state index in [2.05, 4.69) is 47.1 Å². The molecule has 1 atom stereocenters. The zero-order valence-electron chi connectivity index (χ0n) is 15.5. The Morgan fingerprint density at radius 2 is 1.65 bits per heavy atom. The largest absolute Gasteiger partial charge is 0.346 e. The summed E-state index contributed by atoms with van der Waals surface area (Å²) >= 11 is 0. The molecule has 5 nitrogen and oxygen atoms in total. The van der Waals surface area contributed by atoms with Gasteiger partial charge in [-0.15, -0.1) is 0 Å². The molecule has 6 heteroatoms. The SMILES string of the molecule is CN1/C(=C2/C=NN(C)[P@@]2(=O)Nc2ccccc2)C(C)(C)c2ccccc21. The minimum atomic E-state index is -3.09. The average molecular weight is 366 g/mol. The fourth-order valence-electron chi connectivity index (χ4n) is 3.92. The molecule has 0 aromatic heterocycles. The predicted octanol–water partition coefficient (Wildman–Crippen LogP) is 4.86. The van der Waals surface area contributed by atoms with Crippen LogP contribution in [0, 0.1) is 0 Å². The molecular weight excluding hydrogens is 343 g/mol. The van der Waals surface area contributed by atoms with Crippen LogP contribution in [0.5, 0.6) is 0 Å². The number of hydrogen-bond donors (Lipinski definition) is 1. The molecule has 0 radical (unpaired) electrons. The number of rotatable bonds is 2. The molecule has 0 bridgehead atoms. The molecule has 0 amide bonds. The van der Waals surface area contributed by atoms with Gasteiger partial charge >= 0.3 is 7.44 Å². The summed E-state index contributed by atoms with van der Waals surface area (Å²) in [4.78, 5) is 2.15. The number of hydrogen-bond acceptors (Lipinski definition) is 3. The Bertz CT molecular complexity index is 965. The van der Waals surface area contributed by atoms with Crippen LogP contribution in [-0.4, -0.2) is 25.1 Å². The van der Waals surface area contributed by atoms with Gasteiger partial charge in [-0.05, 0) is 23.8 Å². The molecule has 0 saturated heterocycles. The number of para-hydroxylation sites is 2. The Labute approximate surface area is 154 Å². The van der Waals surface area contributed by atoms with Gasteiger partial charge in [0, 0.05) is 36.6 Å². The molecule has 2 aromatic carbocycles. The molecule has 0 unspecified atom stereocenters. The highest BCUT2D eigenvalue weighted by Gasteiger charge is 2.47. The van der Waals surface area contributed by atoms with Crippen molar-refractivity contribution in [3.8, 4) is 0 Å². The summed E-state index contributed by atoms with van der Waals surface area (Å²) in [5.74, 6) is 0. The van der Waals surface area contributed by atoms with Gasteiger partial charge in [0.1, 0.15) is 0 Å². The van der Waals surface area contributed by atoms with Crippen LogP contribution in [0.4, 0.5) is 11.4 Å². The maximum absolute atomic E-state index is 14.0. The summed E-state index contributed by atoms with van der Waals surface area (Å²) in [6.07, 6.45) is 1.75. The standard InChI is InChI=1S/C20H23N4OP/c1-20(2)16-12-8-9-13-17(16)23(3)19(20)18-14-21-24(4)26(18,25)22-15-10-6-5-7-11-15/h5-14H,1-4H3,(H,22,25)/b19-18-/t26-/m0/s1. The number of nitrogens with one attached hydrogen (secondary N) is 1. The van der Waals surface area contributed by atoms with E-state index in [4.69, 9.17) is 0 Å². The van der Waals surface area contributed by atoms with Crippen LogP contribution in [0.3, 0.4) is 0 Å². The van der Waals surface area contributed by atoms with Crippen molar-refractivity contribution in [2.24, 2.45) is 5.10 Å². The molecule has 2 heterocycles. The number of anilines is 2. The second-order valence-electron chi connectivity index (χ2n) is 7.22. The summed E-state index contributed by atoms with van der Waals surface area (Å²) in [5, 5.41) is 8.38. The molecule has 2 aliphatic rings.